The zero-order chi connectivity index (χ0) is 18.9. The monoisotopic (exact) mass is 503 g/mol. The molecule has 6 nitrogen and oxygen atoms in total. The molecule has 0 aliphatic carbocycles. The summed E-state index contributed by atoms with van der Waals surface area (Å²) >= 11 is 1.64. The zero-order valence-electron chi connectivity index (χ0n) is 16.7. The van der Waals surface area contributed by atoms with Gasteiger partial charge >= 0.3 is 0 Å². The number of thiazole rings is 1. The fraction of sp³-hybridized carbons (Fsp3) is 0.474. The third-order valence-corrected chi connectivity index (χ3v) is 4.72. The first-order valence-corrected chi connectivity index (χ1v) is 9.74. The number of anilines is 1. The van der Waals surface area contributed by atoms with Crippen molar-refractivity contribution in [1.82, 2.24) is 15.2 Å². The van der Waals surface area contributed by atoms with Gasteiger partial charge in [0.2, 0.25) is 0 Å². The second-order valence-electron chi connectivity index (χ2n) is 6.12. The summed E-state index contributed by atoms with van der Waals surface area (Å²) < 4.78 is 5.50. The minimum absolute atomic E-state index is 0. The second kappa shape index (κ2) is 12.0. The Bertz CT molecular complexity index is 702. The van der Waals surface area contributed by atoms with E-state index in [1.165, 1.54) is 5.56 Å². The lowest BCUT2D eigenvalue weighted by Gasteiger charge is -2.22. The highest BCUT2D eigenvalue weighted by Crippen LogP contribution is 2.18. The van der Waals surface area contributed by atoms with E-state index >= 15 is 0 Å². The van der Waals surface area contributed by atoms with E-state index in [2.05, 4.69) is 39.6 Å². The van der Waals surface area contributed by atoms with Gasteiger partial charge in [0, 0.05) is 39.6 Å². The summed E-state index contributed by atoms with van der Waals surface area (Å²) in [5, 5.41) is 6.42. The first-order chi connectivity index (χ1) is 12.5. The maximum absolute atomic E-state index is 5.50. The average molecular weight is 503 g/mol. The molecule has 0 spiro atoms. The molecule has 0 unspecified atom stereocenters. The number of ether oxygens (including phenoxy) is 1. The van der Waals surface area contributed by atoms with Crippen molar-refractivity contribution in [2.24, 2.45) is 4.99 Å². The first-order valence-electron chi connectivity index (χ1n) is 8.86. The van der Waals surface area contributed by atoms with Gasteiger partial charge in [0.1, 0.15) is 5.75 Å². The van der Waals surface area contributed by atoms with Crippen LogP contribution in [0.4, 0.5) is 5.13 Å². The third-order valence-electron chi connectivity index (χ3n) is 3.66. The predicted molar refractivity (Wildman–Crippen MR) is 126 cm³/mol. The quantitative estimate of drug-likeness (QED) is 0.337. The highest BCUT2D eigenvalue weighted by atomic mass is 127. The van der Waals surface area contributed by atoms with E-state index in [0.29, 0.717) is 13.2 Å². The van der Waals surface area contributed by atoms with Gasteiger partial charge in [-0.15, -0.1) is 35.3 Å². The molecule has 1 aromatic heterocycles. The lowest BCUT2D eigenvalue weighted by Crippen LogP contribution is -2.38. The van der Waals surface area contributed by atoms with Crippen molar-refractivity contribution in [1.29, 1.82) is 0 Å². The molecule has 0 fully saturated rings. The summed E-state index contributed by atoms with van der Waals surface area (Å²) in [6.07, 6.45) is 0. The van der Waals surface area contributed by atoms with Gasteiger partial charge in [0.15, 0.2) is 11.1 Å². The van der Waals surface area contributed by atoms with Gasteiger partial charge in [-0.25, -0.2) is 9.98 Å². The van der Waals surface area contributed by atoms with Crippen molar-refractivity contribution in [3.05, 3.63) is 40.9 Å². The Kier molecular flexibility index (Phi) is 10.5. The molecule has 0 saturated heterocycles. The van der Waals surface area contributed by atoms with E-state index in [1.807, 2.05) is 45.1 Å². The SMILES string of the molecule is CCNC(=NCc1csc(N(C)C)n1)N(C)Cc1ccc(OCC)cc1.I. The Labute approximate surface area is 183 Å². The highest BCUT2D eigenvalue weighted by Gasteiger charge is 2.08. The third kappa shape index (κ3) is 7.53. The normalized spacial score (nSPS) is 10.9. The number of guanidine groups is 1. The van der Waals surface area contributed by atoms with Gasteiger partial charge in [0.25, 0.3) is 0 Å². The van der Waals surface area contributed by atoms with Gasteiger partial charge in [0.05, 0.1) is 18.8 Å². The number of aliphatic imine (C=N–C) groups is 1. The molecule has 0 aliphatic heterocycles. The van der Waals surface area contributed by atoms with Crippen LogP contribution in [0.15, 0.2) is 34.6 Å². The molecule has 1 heterocycles. The zero-order valence-corrected chi connectivity index (χ0v) is 19.9. The molecule has 0 bridgehead atoms. The summed E-state index contributed by atoms with van der Waals surface area (Å²) in [6.45, 7) is 6.92. The largest absolute Gasteiger partial charge is 0.494 e. The molecule has 0 aliphatic rings. The Morgan fingerprint density at radius 3 is 2.44 bits per heavy atom. The van der Waals surface area contributed by atoms with Crippen LogP contribution >= 0.6 is 35.3 Å². The van der Waals surface area contributed by atoms with Crippen molar-refractivity contribution in [2.75, 3.05) is 39.2 Å². The van der Waals surface area contributed by atoms with Gasteiger partial charge in [-0.3, -0.25) is 0 Å². The van der Waals surface area contributed by atoms with Gasteiger partial charge < -0.3 is 19.9 Å². The first kappa shape index (κ1) is 23.5. The molecule has 8 heteroatoms. The standard InChI is InChI=1S/C19H29N5OS.HI/c1-6-20-18(21-12-16-14-26-19(22-16)23(3)4)24(5)13-15-8-10-17(11-9-15)25-7-2;/h8-11,14H,6-7,12-13H2,1-5H3,(H,20,21);1H. The van der Waals surface area contributed by atoms with E-state index < -0.39 is 0 Å². The van der Waals surface area contributed by atoms with Crippen molar-refractivity contribution in [2.45, 2.75) is 26.9 Å². The van der Waals surface area contributed by atoms with Crippen LogP contribution in [0.25, 0.3) is 0 Å². The number of nitrogens with zero attached hydrogens (tertiary/aromatic N) is 4. The Hall–Kier alpha value is -1.55. The van der Waals surface area contributed by atoms with Crippen molar-refractivity contribution in [3.63, 3.8) is 0 Å². The lowest BCUT2D eigenvalue weighted by atomic mass is 10.2. The molecule has 1 aromatic carbocycles. The summed E-state index contributed by atoms with van der Waals surface area (Å²) in [7, 11) is 6.05. The summed E-state index contributed by atoms with van der Waals surface area (Å²) in [4.78, 5) is 13.5. The number of aromatic nitrogens is 1. The van der Waals surface area contributed by atoms with Crippen LogP contribution in [0.2, 0.25) is 0 Å². The maximum Gasteiger partial charge on any atom is 0.194 e. The van der Waals surface area contributed by atoms with Crippen molar-refractivity contribution >= 4 is 46.4 Å². The average Bonchev–Trinajstić information content (AvgIpc) is 3.10. The van der Waals surface area contributed by atoms with E-state index in [0.717, 1.165) is 35.6 Å². The van der Waals surface area contributed by atoms with E-state index in [-0.39, 0.29) is 24.0 Å². The van der Waals surface area contributed by atoms with Crippen LogP contribution in [-0.4, -0.2) is 50.1 Å². The van der Waals surface area contributed by atoms with E-state index in [1.54, 1.807) is 11.3 Å². The Morgan fingerprint density at radius 1 is 1.19 bits per heavy atom. The minimum atomic E-state index is 0. The van der Waals surface area contributed by atoms with Crippen LogP contribution < -0.4 is 15.0 Å². The molecule has 0 atom stereocenters. The second-order valence-corrected chi connectivity index (χ2v) is 6.96. The Balaban J connectivity index is 0.00000364. The Morgan fingerprint density at radius 2 is 1.89 bits per heavy atom. The number of hydrogen-bond acceptors (Lipinski definition) is 5. The molecule has 0 radical (unpaired) electrons. The minimum Gasteiger partial charge on any atom is -0.494 e. The summed E-state index contributed by atoms with van der Waals surface area (Å²) in [5.74, 6) is 1.78. The topological polar surface area (TPSA) is 53.0 Å². The molecule has 0 amide bonds. The van der Waals surface area contributed by atoms with E-state index in [4.69, 9.17) is 9.73 Å². The van der Waals surface area contributed by atoms with Crippen molar-refractivity contribution in [3.8, 4) is 5.75 Å². The van der Waals surface area contributed by atoms with Gasteiger partial charge in [-0.05, 0) is 31.5 Å². The molecule has 1 N–H and O–H groups in total. The summed E-state index contributed by atoms with van der Waals surface area (Å²) in [6, 6.07) is 8.20. The van der Waals surface area contributed by atoms with Crippen LogP contribution in [0.3, 0.4) is 0 Å². The molecular formula is C19H30IN5OS. The van der Waals surface area contributed by atoms with Crippen LogP contribution in [0.1, 0.15) is 25.1 Å². The molecule has 2 rings (SSSR count). The fourth-order valence-electron chi connectivity index (χ4n) is 2.41. The number of halogens is 1. The van der Waals surface area contributed by atoms with Gasteiger partial charge in [-0.1, -0.05) is 12.1 Å². The lowest BCUT2D eigenvalue weighted by molar-refractivity contribution is 0.340. The maximum atomic E-state index is 5.50. The summed E-state index contributed by atoms with van der Waals surface area (Å²) in [5.41, 5.74) is 2.20. The molecule has 2 aromatic rings. The number of benzene rings is 1. The van der Waals surface area contributed by atoms with Gasteiger partial charge in [-0.2, -0.15) is 0 Å². The number of hydrogen-bond donors (Lipinski definition) is 1. The van der Waals surface area contributed by atoms with Crippen LogP contribution in [0, 0.1) is 0 Å². The molecule has 27 heavy (non-hydrogen) atoms. The molecular weight excluding hydrogens is 473 g/mol. The van der Waals surface area contributed by atoms with Crippen LogP contribution in [0.5, 0.6) is 5.75 Å². The molecule has 0 saturated carbocycles. The predicted octanol–water partition coefficient (Wildman–Crippen LogP) is 3.82. The van der Waals surface area contributed by atoms with E-state index in [9.17, 15) is 0 Å². The smallest absolute Gasteiger partial charge is 0.194 e. The fourth-order valence-corrected chi connectivity index (χ4v) is 3.16. The molecule has 150 valence electrons. The number of nitrogens with one attached hydrogen (secondary N) is 1. The van der Waals surface area contributed by atoms with Crippen LogP contribution in [-0.2, 0) is 13.1 Å². The highest BCUT2D eigenvalue weighted by molar-refractivity contribution is 14.0. The van der Waals surface area contributed by atoms with Crippen molar-refractivity contribution < 1.29 is 4.74 Å². The number of rotatable bonds is 8.